The number of hydrogen-bond acceptors (Lipinski definition) is 7. The molecule has 0 N–H and O–H groups in total. The highest BCUT2D eigenvalue weighted by Gasteiger charge is 2.25. The lowest BCUT2D eigenvalue weighted by Gasteiger charge is -2.37. The van der Waals surface area contributed by atoms with Crippen LogP contribution in [0.1, 0.15) is 23.2 Å². The second kappa shape index (κ2) is 10.5. The van der Waals surface area contributed by atoms with Gasteiger partial charge in [0.05, 0.1) is 6.10 Å². The summed E-state index contributed by atoms with van der Waals surface area (Å²) in [6.45, 7) is 8.93. The summed E-state index contributed by atoms with van der Waals surface area (Å²) >= 11 is 2.24. The van der Waals surface area contributed by atoms with Crippen molar-refractivity contribution in [3.05, 3.63) is 45.5 Å². The lowest BCUT2D eigenvalue weighted by molar-refractivity contribution is 0.0712. The van der Waals surface area contributed by atoms with Gasteiger partial charge in [-0.15, -0.1) is 10.2 Å². The first-order valence-electron chi connectivity index (χ1n) is 11.9. The molecule has 9 heteroatoms. The number of aromatic nitrogens is 2. The van der Waals surface area contributed by atoms with Crippen molar-refractivity contribution in [1.29, 1.82) is 0 Å². The van der Waals surface area contributed by atoms with Gasteiger partial charge in [-0.3, -0.25) is 9.69 Å². The summed E-state index contributed by atoms with van der Waals surface area (Å²) in [5, 5.41) is 9.04. The molecule has 3 fully saturated rings. The molecule has 1 aromatic carbocycles. The van der Waals surface area contributed by atoms with Crippen molar-refractivity contribution < 1.29 is 9.53 Å². The third-order valence-electron chi connectivity index (χ3n) is 6.78. The van der Waals surface area contributed by atoms with Gasteiger partial charge in [-0.2, -0.15) is 0 Å². The lowest BCUT2D eigenvalue weighted by atomic mass is 10.2. The Labute approximate surface area is 209 Å². The summed E-state index contributed by atoms with van der Waals surface area (Å²) in [6.07, 6.45) is 2.81. The minimum atomic E-state index is 0.105. The van der Waals surface area contributed by atoms with Gasteiger partial charge in [0.1, 0.15) is 0 Å². The van der Waals surface area contributed by atoms with E-state index >= 15 is 0 Å². The summed E-state index contributed by atoms with van der Waals surface area (Å²) in [4.78, 5) is 21.8. The molecule has 0 aliphatic carbocycles. The monoisotopic (exact) mass is 562 g/mol. The van der Waals surface area contributed by atoms with Gasteiger partial charge in [0.15, 0.2) is 11.6 Å². The Balaban J connectivity index is 1.11. The predicted octanol–water partition coefficient (Wildman–Crippen LogP) is 2.34. The molecule has 0 radical (unpaired) electrons. The standard InChI is InChI=1S/C24H31IN6O2/c25-20-4-1-3-19(17-20)24(32)31-14-12-30(13-15-31)23-7-6-22(26-27-23)29-10-8-28(9-11-29)18-21-5-2-16-33-21/h1,3-4,6-7,17,21H,2,5,8-16,18H2. The van der Waals surface area contributed by atoms with Crippen LogP contribution < -0.4 is 9.80 Å². The summed E-state index contributed by atoms with van der Waals surface area (Å²) in [5.41, 5.74) is 0.760. The van der Waals surface area contributed by atoms with Gasteiger partial charge in [-0.25, -0.2) is 0 Å². The fraction of sp³-hybridized carbons (Fsp3) is 0.542. The Morgan fingerprint density at radius 2 is 1.61 bits per heavy atom. The number of rotatable bonds is 5. The van der Waals surface area contributed by atoms with Crippen LogP contribution in [0, 0.1) is 3.57 Å². The zero-order valence-electron chi connectivity index (χ0n) is 18.9. The highest BCUT2D eigenvalue weighted by molar-refractivity contribution is 14.1. The van der Waals surface area contributed by atoms with E-state index in [-0.39, 0.29) is 5.91 Å². The first-order valence-corrected chi connectivity index (χ1v) is 13.0. The summed E-state index contributed by atoms with van der Waals surface area (Å²) in [5.74, 6) is 1.94. The van der Waals surface area contributed by atoms with E-state index in [0.29, 0.717) is 19.2 Å². The minimum Gasteiger partial charge on any atom is -0.377 e. The Morgan fingerprint density at radius 1 is 0.939 bits per heavy atom. The molecule has 33 heavy (non-hydrogen) atoms. The maximum absolute atomic E-state index is 12.8. The Bertz CT molecular complexity index is 936. The van der Waals surface area contributed by atoms with Crippen molar-refractivity contribution in [1.82, 2.24) is 20.0 Å². The Kier molecular flexibility index (Phi) is 7.27. The smallest absolute Gasteiger partial charge is 0.254 e. The molecule has 1 aromatic heterocycles. The molecular weight excluding hydrogens is 531 g/mol. The average Bonchev–Trinajstić information content (AvgIpc) is 3.37. The van der Waals surface area contributed by atoms with Crippen molar-refractivity contribution in [3.8, 4) is 0 Å². The number of halogens is 1. The van der Waals surface area contributed by atoms with Gasteiger partial charge in [-0.1, -0.05) is 6.07 Å². The number of benzene rings is 1. The van der Waals surface area contributed by atoms with Gasteiger partial charge < -0.3 is 19.4 Å². The van der Waals surface area contributed by atoms with Crippen LogP contribution in [-0.4, -0.2) is 97.5 Å². The van der Waals surface area contributed by atoms with E-state index in [0.717, 1.165) is 73.2 Å². The molecule has 0 bridgehead atoms. The summed E-state index contributed by atoms with van der Waals surface area (Å²) < 4.78 is 6.86. The number of ether oxygens (including phenoxy) is 1. The van der Waals surface area contributed by atoms with Crippen LogP contribution >= 0.6 is 22.6 Å². The van der Waals surface area contributed by atoms with Gasteiger partial charge in [0, 0.05) is 74.6 Å². The Morgan fingerprint density at radius 3 is 2.18 bits per heavy atom. The molecule has 3 aliphatic heterocycles. The lowest BCUT2D eigenvalue weighted by Crippen LogP contribution is -2.49. The second-order valence-corrected chi connectivity index (χ2v) is 10.2. The van der Waals surface area contributed by atoms with E-state index in [1.807, 2.05) is 29.2 Å². The zero-order chi connectivity index (χ0) is 22.6. The third kappa shape index (κ3) is 5.58. The van der Waals surface area contributed by atoms with Gasteiger partial charge in [0.25, 0.3) is 5.91 Å². The molecule has 0 saturated carbocycles. The zero-order valence-corrected chi connectivity index (χ0v) is 21.1. The fourth-order valence-electron chi connectivity index (χ4n) is 4.83. The number of amides is 1. The topological polar surface area (TPSA) is 65.0 Å². The van der Waals surface area contributed by atoms with E-state index in [9.17, 15) is 4.79 Å². The second-order valence-electron chi connectivity index (χ2n) is 8.96. The van der Waals surface area contributed by atoms with Crippen LogP contribution in [0.5, 0.6) is 0 Å². The van der Waals surface area contributed by atoms with Crippen molar-refractivity contribution in [2.75, 3.05) is 75.3 Å². The maximum atomic E-state index is 12.8. The average molecular weight is 562 g/mol. The van der Waals surface area contributed by atoms with Crippen LogP contribution in [0.25, 0.3) is 0 Å². The molecule has 3 aliphatic rings. The van der Waals surface area contributed by atoms with Crippen molar-refractivity contribution in [2.45, 2.75) is 18.9 Å². The number of hydrogen-bond donors (Lipinski definition) is 0. The molecule has 5 rings (SSSR count). The van der Waals surface area contributed by atoms with Crippen LogP contribution in [0.2, 0.25) is 0 Å². The van der Waals surface area contributed by atoms with Crippen LogP contribution in [0.15, 0.2) is 36.4 Å². The Hall–Kier alpha value is -1.98. The molecule has 2 aromatic rings. The largest absolute Gasteiger partial charge is 0.377 e. The quantitative estimate of drug-likeness (QED) is 0.519. The van der Waals surface area contributed by atoms with Crippen LogP contribution in [-0.2, 0) is 4.74 Å². The number of nitrogens with zero attached hydrogens (tertiary/aromatic N) is 6. The summed E-state index contributed by atoms with van der Waals surface area (Å²) in [6, 6.07) is 11.9. The molecule has 1 unspecified atom stereocenters. The van der Waals surface area contributed by atoms with Gasteiger partial charge >= 0.3 is 0 Å². The molecule has 3 saturated heterocycles. The van der Waals surface area contributed by atoms with Gasteiger partial charge in [0.2, 0.25) is 0 Å². The van der Waals surface area contributed by atoms with Crippen molar-refractivity contribution in [3.63, 3.8) is 0 Å². The normalized spacial score (nSPS) is 22.1. The van der Waals surface area contributed by atoms with Crippen molar-refractivity contribution >= 4 is 40.1 Å². The molecule has 0 spiro atoms. The maximum Gasteiger partial charge on any atom is 0.254 e. The molecule has 8 nitrogen and oxygen atoms in total. The number of carbonyl (C=O) groups is 1. The van der Waals surface area contributed by atoms with E-state index in [2.05, 4.69) is 59.6 Å². The number of anilines is 2. The van der Waals surface area contributed by atoms with E-state index in [4.69, 9.17) is 4.74 Å². The highest BCUT2D eigenvalue weighted by Crippen LogP contribution is 2.20. The molecular formula is C24H31IN6O2. The van der Waals surface area contributed by atoms with E-state index in [1.54, 1.807) is 0 Å². The van der Waals surface area contributed by atoms with Crippen LogP contribution in [0.4, 0.5) is 11.6 Å². The minimum absolute atomic E-state index is 0.105. The third-order valence-corrected chi connectivity index (χ3v) is 7.45. The summed E-state index contributed by atoms with van der Waals surface area (Å²) in [7, 11) is 0. The molecule has 4 heterocycles. The SMILES string of the molecule is O=C(c1cccc(I)c1)N1CCN(c2ccc(N3CCN(CC4CCCO4)CC3)nn2)CC1. The molecule has 1 atom stereocenters. The molecule has 1 amide bonds. The fourth-order valence-corrected chi connectivity index (χ4v) is 5.38. The number of carbonyl (C=O) groups excluding carboxylic acids is 1. The first-order chi connectivity index (χ1) is 16.2. The number of piperazine rings is 2. The predicted molar refractivity (Wildman–Crippen MR) is 137 cm³/mol. The van der Waals surface area contributed by atoms with Gasteiger partial charge in [-0.05, 0) is 65.8 Å². The first kappa shape index (κ1) is 22.8. The highest BCUT2D eigenvalue weighted by atomic mass is 127. The van der Waals surface area contributed by atoms with Crippen LogP contribution in [0.3, 0.4) is 0 Å². The molecule has 176 valence electrons. The van der Waals surface area contributed by atoms with E-state index < -0.39 is 0 Å². The van der Waals surface area contributed by atoms with Crippen molar-refractivity contribution in [2.24, 2.45) is 0 Å². The van der Waals surface area contributed by atoms with E-state index in [1.165, 1.54) is 12.8 Å².